The van der Waals surface area contributed by atoms with Crippen molar-refractivity contribution in [2.75, 3.05) is 13.2 Å². The molecule has 1 aliphatic heterocycles. The van der Waals surface area contributed by atoms with E-state index in [0.29, 0.717) is 44.8 Å². The fourth-order valence-corrected chi connectivity index (χ4v) is 4.11. The van der Waals surface area contributed by atoms with Crippen LogP contribution in [0.2, 0.25) is 0 Å². The van der Waals surface area contributed by atoms with Crippen LogP contribution in [0.5, 0.6) is 11.5 Å². The summed E-state index contributed by atoms with van der Waals surface area (Å²) >= 11 is 14.4. The highest BCUT2D eigenvalue weighted by Crippen LogP contribution is 2.46. The third-order valence-corrected chi connectivity index (χ3v) is 5.68. The molecule has 7 heteroatoms. The second-order valence-electron chi connectivity index (χ2n) is 5.59. The van der Waals surface area contributed by atoms with E-state index in [1.54, 1.807) is 0 Å². The lowest BCUT2D eigenvalue weighted by molar-refractivity contribution is 0.173. The lowest BCUT2D eigenvalue weighted by Gasteiger charge is -2.16. The van der Waals surface area contributed by atoms with Gasteiger partial charge in [-0.05, 0) is 24.3 Å². The van der Waals surface area contributed by atoms with Crippen molar-refractivity contribution in [1.82, 2.24) is 0 Å². The molecule has 3 aromatic rings. The van der Waals surface area contributed by atoms with Gasteiger partial charge in [-0.3, -0.25) is 0 Å². The predicted octanol–water partition coefficient (Wildman–Crippen LogP) is 6.15. The van der Waals surface area contributed by atoms with Crippen LogP contribution in [-0.2, 0) is 0 Å². The van der Waals surface area contributed by atoms with Gasteiger partial charge in [-0.15, -0.1) is 11.3 Å². The molecule has 4 nitrogen and oxygen atoms in total. The summed E-state index contributed by atoms with van der Waals surface area (Å²) in [6.45, 7) is 0.887. The topological polar surface area (TPSA) is 43.2 Å². The van der Waals surface area contributed by atoms with Crippen LogP contribution in [0.15, 0.2) is 70.6 Å². The molecular formula is C20H14Cl2N2O2S. The minimum atomic E-state index is 0.323. The van der Waals surface area contributed by atoms with E-state index in [-0.39, 0.29) is 0 Å². The summed E-state index contributed by atoms with van der Waals surface area (Å²) in [7, 11) is 0. The third-order valence-electron chi connectivity index (χ3n) is 3.74. The summed E-state index contributed by atoms with van der Waals surface area (Å²) < 4.78 is 11.6. The molecule has 0 bridgehead atoms. The van der Waals surface area contributed by atoms with E-state index in [9.17, 15) is 0 Å². The van der Waals surface area contributed by atoms with E-state index in [2.05, 4.69) is 9.98 Å². The normalized spacial score (nSPS) is 14.3. The highest BCUT2D eigenvalue weighted by molar-refractivity contribution is 7.20. The molecule has 0 saturated carbocycles. The molecular weight excluding hydrogens is 403 g/mol. The van der Waals surface area contributed by atoms with Crippen LogP contribution < -0.4 is 9.47 Å². The Kier molecular flexibility index (Phi) is 5.43. The van der Waals surface area contributed by atoms with Crippen molar-refractivity contribution in [2.45, 2.75) is 0 Å². The first-order valence-corrected chi connectivity index (χ1v) is 9.81. The first-order valence-electron chi connectivity index (χ1n) is 8.24. The first-order chi connectivity index (χ1) is 13.2. The molecule has 0 radical (unpaired) electrons. The number of hydrogen-bond donors (Lipinski definition) is 0. The van der Waals surface area contributed by atoms with Crippen LogP contribution in [0.25, 0.3) is 0 Å². The van der Waals surface area contributed by atoms with E-state index in [4.69, 9.17) is 32.7 Å². The Morgan fingerprint density at radius 3 is 1.52 bits per heavy atom. The molecule has 136 valence electrons. The molecule has 1 aromatic heterocycles. The fraction of sp³-hybridized carbons (Fsp3) is 0.100. The minimum Gasteiger partial charge on any atom is -0.484 e. The molecule has 2 aromatic carbocycles. The number of aliphatic imine (C=N–C) groups is 2. The zero-order valence-corrected chi connectivity index (χ0v) is 16.4. The van der Waals surface area contributed by atoms with Crippen LogP contribution in [0.1, 0.15) is 9.75 Å². The maximum absolute atomic E-state index is 6.50. The highest BCUT2D eigenvalue weighted by Gasteiger charge is 2.28. The lowest BCUT2D eigenvalue weighted by atomic mass is 10.3. The summed E-state index contributed by atoms with van der Waals surface area (Å²) in [5, 5.41) is 0.645. The van der Waals surface area contributed by atoms with E-state index < -0.39 is 0 Å². The minimum absolute atomic E-state index is 0.323. The van der Waals surface area contributed by atoms with Gasteiger partial charge in [-0.1, -0.05) is 59.6 Å². The van der Waals surface area contributed by atoms with Gasteiger partial charge in [0.25, 0.3) is 0 Å². The maximum Gasteiger partial charge on any atom is 0.183 e. The summed E-state index contributed by atoms with van der Waals surface area (Å²) in [6.07, 6.45) is 0. The summed E-state index contributed by atoms with van der Waals surface area (Å²) in [5.74, 6) is 1.12. The smallest absolute Gasteiger partial charge is 0.183 e. The van der Waals surface area contributed by atoms with Crippen molar-refractivity contribution in [2.24, 2.45) is 9.98 Å². The third kappa shape index (κ3) is 4.00. The number of fused-ring (bicyclic) bond motifs is 1. The molecule has 0 spiro atoms. The lowest BCUT2D eigenvalue weighted by Crippen LogP contribution is -2.16. The zero-order valence-electron chi connectivity index (χ0n) is 14.1. The number of hydrogen-bond acceptors (Lipinski definition) is 5. The van der Waals surface area contributed by atoms with Crippen LogP contribution >= 0.6 is 34.5 Å². The van der Waals surface area contributed by atoms with Crippen LogP contribution in [-0.4, -0.2) is 23.6 Å². The number of benzene rings is 2. The van der Waals surface area contributed by atoms with Gasteiger partial charge in [-0.2, -0.15) is 0 Å². The first kappa shape index (κ1) is 18.0. The van der Waals surface area contributed by atoms with Crippen LogP contribution in [0, 0.1) is 0 Å². The van der Waals surface area contributed by atoms with E-state index >= 15 is 0 Å². The van der Waals surface area contributed by atoms with Gasteiger partial charge in [0.1, 0.15) is 23.0 Å². The fourth-order valence-electron chi connectivity index (χ4n) is 2.56. The predicted molar refractivity (Wildman–Crippen MR) is 112 cm³/mol. The largest absolute Gasteiger partial charge is 0.484 e. The molecule has 0 aliphatic carbocycles. The van der Waals surface area contributed by atoms with Gasteiger partial charge < -0.3 is 9.47 Å². The average Bonchev–Trinajstić information content (AvgIpc) is 3.09. The molecule has 1 aliphatic rings. The average molecular weight is 417 g/mol. The van der Waals surface area contributed by atoms with Gasteiger partial charge in [0.15, 0.2) is 21.8 Å². The number of para-hydroxylation sites is 2. The Morgan fingerprint density at radius 2 is 1.11 bits per heavy atom. The molecule has 0 atom stereocenters. The molecule has 0 fully saturated rings. The van der Waals surface area contributed by atoms with Crippen molar-refractivity contribution in [3.05, 3.63) is 70.4 Å². The number of rotatable bonds is 4. The molecule has 4 rings (SSSR count). The van der Waals surface area contributed by atoms with Gasteiger partial charge in [0.2, 0.25) is 0 Å². The molecule has 0 unspecified atom stereocenters. The van der Waals surface area contributed by atoms with Gasteiger partial charge in [0, 0.05) is 0 Å². The number of nitrogens with zero attached hydrogens (tertiary/aromatic N) is 2. The molecule has 0 amide bonds. The summed E-state index contributed by atoms with van der Waals surface area (Å²) in [5.41, 5.74) is 1.51. The van der Waals surface area contributed by atoms with Crippen LogP contribution in [0.3, 0.4) is 0 Å². The van der Waals surface area contributed by atoms with Gasteiger partial charge in [-0.25, -0.2) is 9.98 Å². The summed E-state index contributed by atoms with van der Waals surface area (Å²) in [4.78, 5) is 10.3. The molecule has 0 N–H and O–H groups in total. The Labute approximate surface area is 170 Å². The van der Waals surface area contributed by atoms with Crippen molar-refractivity contribution in [3.8, 4) is 11.5 Å². The van der Waals surface area contributed by atoms with Crippen molar-refractivity contribution in [3.63, 3.8) is 0 Å². The second-order valence-corrected chi connectivity index (χ2v) is 7.33. The standard InChI is InChI=1S/C20H14Cl2N2O2S/c21-19(23-13-7-3-1-4-8-13)17-15-16(26-12-11-25-15)18(27-17)20(22)24-14-9-5-2-6-10-14/h1-10H,11-12H2. The van der Waals surface area contributed by atoms with Crippen molar-refractivity contribution >= 4 is 56.3 Å². The second kappa shape index (κ2) is 8.13. The molecule has 27 heavy (non-hydrogen) atoms. The SMILES string of the molecule is ClC(=Nc1ccccc1)c1sc(C(Cl)=Nc2ccccc2)c2c1OCCO2. The maximum atomic E-state index is 6.50. The van der Waals surface area contributed by atoms with Gasteiger partial charge >= 0.3 is 0 Å². The van der Waals surface area contributed by atoms with Crippen molar-refractivity contribution < 1.29 is 9.47 Å². The van der Waals surface area contributed by atoms with Gasteiger partial charge in [0.05, 0.1) is 11.4 Å². The van der Waals surface area contributed by atoms with Crippen molar-refractivity contribution in [1.29, 1.82) is 0 Å². The summed E-state index contributed by atoms with van der Waals surface area (Å²) in [6, 6.07) is 19.0. The highest BCUT2D eigenvalue weighted by atomic mass is 35.5. The molecule has 2 heterocycles. The quantitative estimate of drug-likeness (QED) is 0.478. The Bertz CT molecular complexity index is 922. The number of ether oxygens (including phenoxy) is 2. The number of halogens is 2. The van der Waals surface area contributed by atoms with E-state index in [1.807, 2.05) is 60.7 Å². The Hall–Kier alpha value is -2.34. The molecule has 0 saturated heterocycles. The Balaban J connectivity index is 1.76. The monoisotopic (exact) mass is 416 g/mol. The Morgan fingerprint density at radius 1 is 0.704 bits per heavy atom. The van der Waals surface area contributed by atoms with E-state index in [0.717, 1.165) is 11.4 Å². The number of thiophene rings is 1. The van der Waals surface area contributed by atoms with E-state index in [1.165, 1.54) is 11.3 Å². The zero-order chi connectivity index (χ0) is 18.6. The van der Waals surface area contributed by atoms with Crippen LogP contribution in [0.4, 0.5) is 11.4 Å².